The van der Waals surface area contributed by atoms with Crippen molar-refractivity contribution in [3.05, 3.63) is 35.4 Å². The van der Waals surface area contributed by atoms with Gasteiger partial charge in [-0.2, -0.15) is 0 Å². The van der Waals surface area contributed by atoms with Crippen molar-refractivity contribution in [2.75, 3.05) is 19.6 Å². The van der Waals surface area contributed by atoms with Gasteiger partial charge in [-0.25, -0.2) is 4.79 Å². The summed E-state index contributed by atoms with van der Waals surface area (Å²) in [5.41, 5.74) is 7.10. The number of benzene rings is 1. The zero-order valence-corrected chi connectivity index (χ0v) is 13.2. The van der Waals surface area contributed by atoms with Crippen LogP contribution in [0.1, 0.15) is 35.2 Å². The molecule has 23 heavy (non-hydrogen) atoms. The van der Waals surface area contributed by atoms with Crippen molar-refractivity contribution in [1.29, 1.82) is 0 Å². The number of amides is 3. The summed E-state index contributed by atoms with van der Waals surface area (Å²) in [5, 5.41) is 9.33. The molecule has 1 spiro atoms. The maximum atomic E-state index is 12.0. The molecule has 5 N–H and O–H groups in total. The summed E-state index contributed by atoms with van der Waals surface area (Å²) in [6, 6.07) is 7.42. The molecule has 2 fully saturated rings. The van der Waals surface area contributed by atoms with Crippen molar-refractivity contribution in [3.8, 4) is 0 Å². The van der Waals surface area contributed by atoms with E-state index in [9.17, 15) is 9.59 Å². The summed E-state index contributed by atoms with van der Waals surface area (Å²) in [5.74, 6) is -0.432. The number of primary amides is 1. The quantitative estimate of drug-likeness (QED) is 0.646. The standard InChI is InChI=1S/C17H24N4O2/c18-15(22)13-3-1-2-12(10-13)4-7-20-16(23)21-14-11-17(14)5-8-19-9-6-17/h1-3,10,14,19H,4-9,11H2,(H2,18,22)(H2,20,21,23). The summed E-state index contributed by atoms with van der Waals surface area (Å²) < 4.78 is 0. The number of nitrogens with one attached hydrogen (secondary N) is 3. The summed E-state index contributed by atoms with van der Waals surface area (Å²) in [6.07, 6.45) is 4.08. The van der Waals surface area contributed by atoms with E-state index in [1.165, 1.54) is 0 Å². The van der Waals surface area contributed by atoms with Crippen molar-refractivity contribution in [3.63, 3.8) is 0 Å². The molecular formula is C17H24N4O2. The third-order valence-electron chi connectivity index (χ3n) is 5.01. The molecule has 0 aromatic heterocycles. The Kier molecular flexibility index (Phi) is 4.52. The lowest BCUT2D eigenvalue weighted by molar-refractivity contribution is 0.1000. The zero-order chi connectivity index (χ0) is 16.3. The first kappa shape index (κ1) is 15.8. The maximum absolute atomic E-state index is 12.0. The van der Waals surface area contributed by atoms with Gasteiger partial charge < -0.3 is 21.7 Å². The van der Waals surface area contributed by atoms with Gasteiger partial charge >= 0.3 is 6.03 Å². The molecule has 1 unspecified atom stereocenters. The Hall–Kier alpha value is -2.08. The molecule has 1 heterocycles. The first-order valence-corrected chi connectivity index (χ1v) is 8.23. The van der Waals surface area contributed by atoms with Gasteiger partial charge in [-0.15, -0.1) is 0 Å². The number of piperidine rings is 1. The number of nitrogens with two attached hydrogens (primary N) is 1. The van der Waals surface area contributed by atoms with Crippen LogP contribution < -0.4 is 21.7 Å². The monoisotopic (exact) mass is 316 g/mol. The van der Waals surface area contributed by atoms with Crippen LogP contribution in [0.3, 0.4) is 0 Å². The molecular weight excluding hydrogens is 292 g/mol. The number of rotatable bonds is 5. The van der Waals surface area contributed by atoms with Crippen molar-refractivity contribution < 1.29 is 9.59 Å². The van der Waals surface area contributed by atoms with E-state index in [2.05, 4.69) is 16.0 Å². The summed E-state index contributed by atoms with van der Waals surface area (Å²) >= 11 is 0. The molecule has 1 aromatic carbocycles. The average Bonchev–Trinajstić information content (AvgIpc) is 3.19. The second kappa shape index (κ2) is 6.58. The van der Waals surface area contributed by atoms with Crippen LogP contribution in [0.15, 0.2) is 24.3 Å². The lowest BCUT2D eigenvalue weighted by atomic mass is 9.94. The second-order valence-electron chi connectivity index (χ2n) is 6.58. The third-order valence-corrected chi connectivity index (χ3v) is 5.01. The highest BCUT2D eigenvalue weighted by Crippen LogP contribution is 2.52. The van der Waals surface area contributed by atoms with Crippen LogP contribution in [0.5, 0.6) is 0 Å². The molecule has 1 saturated carbocycles. The molecule has 1 aromatic rings. The summed E-state index contributed by atoms with van der Waals surface area (Å²) in [4.78, 5) is 23.1. The zero-order valence-electron chi connectivity index (χ0n) is 13.2. The third kappa shape index (κ3) is 3.82. The summed E-state index contributed by atoms with van der Waals surface area (Å²) in [6.45, 7) is 2.64. The predicted octanol–water partition coefficient (Wildman–Crippen LogP) is 0.769. The molecule has 6 heteroatoms. The van der Waals surface area contributed by atoms with Gasteiger partial charge in [-0.1, -0.05) is 12.1 Å². The van der Waals surface area contributed by atoms with Gasteiger partial charge in [0.15, 0.2) is 0 Å². The number of hydrogen-bond donors (Lipinski definition) is 4. The van der Waals surface area contributed by atoms with Gasteiger partial charge in [0.2, 0.25) is 5.91 Å². The van der Waals surface area contributed by atoms with E-state index >= 15 is 0 Å². The molecule has 6 nitrogen and oxygen atoms in total. The van der Waals surface area contributed by atoms with E-state index in [1.54, 1.807) is 18.2 Å². The van der Waals surface area contributed by atoms with Gasteiger partial charge in [0.05, 0.1) is 0 Å². The minimum absolute atomic E-state index is 0.100. The van der Waals surface area contributed by atoms with Gasteiger partial charge in [-0.05, 0) is 61.9 Å². The van der Waals surface area contributed by atoms with Crippen LogP contribution in [-0.4, -0.2) is 37.6 Å². The molecule has 1 aliphatic carbocycles. The molecule has 3 amide bonds. The molecule has 0 bridgehead atoms. The Labute approximate surface area is 136 Å². The average molecular weight is 316 g/mol. The first-order chi connectivity index (χ1) is 11.1. The molecule has 124 valence electrons. The Morgan fingerprint density at radius 2 is 2.09 bits per heavy atom. The van der Waals surface area contributed by atoms with Crippen LogP contribution >= 0.6 is 0 Å². The lowest BCUT2D eigenvalue weighted by Gasteiger charge is -2.23. The van der Waals surface area contributed by atoms with Crippen LogP contribution in [-0.2, 0) is 6.42 Å². The van der Waals surface area contributed by atoms with E-state index in [0.717, 1.165) is 37.9 Å². The van der Waals surface area contributed by atoms with Crippen molar-refractivity contribution in [2.24, 2.45) is 11.1 Å². The molecule has 1 saturated heterocycles. The minimum atomic E-state index is -0.432. The molecule has 3 rings (SSSR count). The highest BCUT2D eigenvalue weighted by atomic mass is 16.2. The van der Waals surface area contributed by atoms with Crippen LogP contribution in [0.2, 0.25) is 0 Å². The van der Waals surface area contributed by atoms with Crippen molar-refractivity contribution >= 4 is 11.9 Å². The Morgan fingerprint density at radius 3 is 2.83 bits per heavy atom. The Morgan fingerprint density at radius 1 is 1.30 bits per heavy atom. The smallest absolute Gasteiger partial charge is 0.315 e. The lowest BCUT2D eigenvalue weighted by Crippen LogP contribution is -2.41. The topological polar surface area (TPSA) is 96.2 Å². The highest BCUT2D eigenvalue weighted by molar-refractivity contribution is 5.92. The van der Waals surface area contributed by atoms with E-state index in [1.807, 2.05) is 6.07 Å². The van der Waals surface area contributed by atoms with Gasteiger partial charge in [0.1, 0.15) is 0 Å². The van der Waals surface area contributed by atoms with E-state index < -0.39 is 5.91 Å². The van der Waals surface area contributed by atoms with Crippen LogP contribution in [0.4, 0.5) is 4.79 Å². The van der Waals surface area contributed by atoms with Gasteiger partial charge in [0.25, 0.3) is 0 Å². The molecule has 0 radical (unpaired) electrons. The molecule has 2 aliphatic rings. The fourth-order valence-corrected chi connectivity index (χ4v) is 3.44. The number of carbonyl (C=O) groups excluding carboxylic acids is 2. The Balaban J connectivity index is 1.40. The van der Waals surface area contributed by atoms with E-state index in [-0.39, 0.29) is 6.03 Å². The fraction of sp³-hybridized carbons (Fsp3) is 0.529. The van der Waals surface area contributed by atoms with E-state index in [0.29, 0.717) is 30.0 Å². The van der Waals surface area contributed by atoms with Crippen molar-refractivity contribution in [1.82, 2.24) is 16.0 Å². The van der Waals surface area contributed by atoms with Crippen LogP contribution in [0.25, 0.3) is 0 Å². The van der Waals surface area contributed by atoms with Crippen LogP contribution in [0, 0.1) is 5.41 Å². The highest BCUT2D eigenvalue weighted by Gasteiger charge is 2.54. The van der Waals surface area contributed by atoms with E-state index in [4.69, 9.17) is 5.73 Å². The largest absolute Gasteiger partial charge is 0.366 e. The van der Waals surface area contributed by atoms with Gasteiger partial charge in [0, 0.05) is 18.2 Å². The predicted molar refractivity (Wildman–Crippen MR) is 88.1 cm³/mol. The normalized spacial score (nSPS) is 21.7. The maximum Gasteiger partial charge on any atom is 0.315 e. The number of carbonyl (C=O) groups is 2. The second-order valence-corrected chi connectivity index (χ2v) is 6.58. The minimum Gasteiger partial charge on any atom is -0.366 e. The number of hydrogen-bond acceptors (Lipinski definition) is 3. The van der Waals surface area contributed by atoms with Crippen molar-refractivity contribution in [2.45, 2.75) is 31.7 Å². The Bertz CT molecular complexity index is 596. The SMILES string of the molecule is NC(=O)c1cccc(CCNC(=O)NC2CC23CCNCC3)c1. The first-order valence-electron chi connectivity index (χ1n) is 8.23. The molecule has 1 aliphatic heterocycles. The summed E-state index contributed by atoms with van der Waals surface area (Å²) in [7, 11) is 0. The molecule has 1 atom stereocenters. The fourth-order valence-electron chi connectivity index (χ4n) is 3.44. The van der Waals surface area contributed by atoms with Gasteiger partial charge in [-0.3, -0.25) is 4.79 Å². The number of urea groups is 1.